The van der Waals surface area contributed by atoms with Gasteiger partial charge in [-0.3, -0.25) is 4.90 Å². The number of anilines is 1. The Bertz CT molecular complexity index is 837. The second-order valence-corrected chi connectivity index (χ2v) is 7.85. The monoisotopic (exact) mass is 402 g/mol. The lowest BCUT2D eigenvalue weighted by atomic mass is 9.84. The molecule has 0 radical (unpaired) electrons. The summed E-state index contributed by atoms with van der Waals surface area (Å²) in [4.78, 5) is 4.73. The van der Waals surface area contributed by atoms with Gasteiger partial charge in [-0.25, -0.2) is 0 Å². The van der Waals surface area contributed by atoms with Crippen LogP contribution in [0.25, 0.3) is 0 Å². The van der Waals surface area contributed by atoms with Gasteiger partial charge >= 0.3 is 0 Å². The number of fused-ring (bicyclic) bond motifs is 1. The molecule has 1 heterocycles. The topological polar surface area (TPSA) is 45.2 Å². The summed E-state index contributed by atoms with van der Waals surface area (Å²) in [6.45, 7) is 3.59. The number of para-hydroxylation sites is 1. The zero-order valence-corrected chi connectivity index (χ0v) is 17.2. The minimum absolute atomic E-state index is 0.0851. The summed E-state index contributed by atoms with van der Waals surface area (Å²) in [6.07, 6.45) is 0.939. The number of aliphatic hydroxyl groups excluding tert-OH is 1. The van der Waals surface area contributed by atoms with Gasteiger partial charge in [0, 0.05) is 49.8 Å². The average Bonchev–Trinajstić information content (AvgIpc) is 2.73. The summed E-state index contributed by atoms with van der Waals surface area (Å²) in [6, 6.07) is 12.0. The fourth-order valence-corrected chi connectivity index (χ4v) is 4.80. The molecule has 1 aliphatic carbocycles. The number of methoxy groups -OCH3 is 2. The Kier molecular flexibility index (Phi) is 5.67. The molecule has 1 fully saturated rings. The van der Waals surface area contributed by atoms with Gasteiger partial charge in [-0.1, -0.05) is 23.7 Å². The van der Waals surface area contributed by atoms with Crippen molar-refractivity contribution in [3.63, 3.8) is 0 Å². The van der Waals surface area contributed by atoms with Crippen LogP contribution in [0.2, 0.25) is 5.02 Å². The largest absolute Gasteiger partial charge is 0.496 e. The Balaban J connectivity index is 1.50. The molecule has 0 amide bonds. The van der Waals surface area contributed by atoms with Gasteiger partial charge < -0.3 is 19.5 Å². The van der Waals surface area contributed by atoms with Gasteiger partial charge in [-0.15, -0.1) is 0 Å². The molecular weight excluding hydrogens is 376 g/mol. The van der Waals surface area contributed by atoms with Crippen molar-refractivity contribution in [3.8, 4) is 11.5 Å². The number of hydrogen-bond acceptors (Lipinski definition) is 5. The highest BCUT2D eigenvalue weighted by Crippen LogP contribution is 2.38. The Morgan fingerprint density at radius 1 is 0.893 bits per heavy atom. The van der Waals surface area contributed by atoms with Crippen molar-refractivity contribution >= 4 is 17.3 Å². The second-order valence-electron chi connectivity index (χ2n) is 7.44. The first-order valence-electron chi connectivity index (χ1n) is 9.76. The van der Waals surface area contributed by atoms with Gasteiger partial charge in [0.05, 0.1) is 31.0 Å². The van der Waals surface area contributed by atoms with E-state index in [2.05, 4.69) is 15.9 Å². The molecule has 1 N–H and O–H groups in total. The number of hydrogen-bond donors (Lipinski definition) is 1. The maximum absolute atomic E-state index is 10.9. The van der Waals surface area contributed by atoms with Crippen LogP contribution in [0.3, 0.4) is 0 Å². The molecule has 28 heavy (non-hydrogen) atoms. The molecule has 2 aliphatic rings. The van der Waals surface area contributed by atoms with E-state index in [-0.39, 0.29) is 6.04 Å². The Labute approximate surface area is 171 Å². The van der Waals surface area contributed by atoms with Crippen molar-refractivity contribution in [3.05, 3.63) is 52.5 Å². The summed E-state index contributed by atoms with van der Waals surface area (Å²) in [7, 11) is 3.37. The molecule has 0 spiro atoms. The van der Waals surface area contributed by atoms with E-state index >= 15 is 0 Å². The molecule has 5 nitrogen and oxygen atoms in total. The Morgan fingerprint density at radius 2 is 1.50 bits per heavy atom. The molecule has 150 valence electrons. The minimum atomic E-state index is -0.416. The molecule has 2 atom stereocenters. The van der Waals surface area contributed by atoms with E-state index < -0.39 is 6.10 Å². The molecule has 6 heteroatoms. The zero-order valence-electron chi connectivity index (χ0n) is 16.4. The van der Waals surface area contributed by atoms with Crippen molar-refractivity contribution in [1.82, 2.24) is 4.90 Å². The molecule has 0 bridgehead atoms. The van der Waals surface area contributed by atoms with Crippen LogP contribution in [0.1, 0.15) is 11.1 Å². The second kappa shape index (κ2) is 8.19. The van der Waals surface area contributed by atoms with Crippen LogP contribution < -0.4 is 14.4 Å². The lowest BCUT2D eigenvalue weighted by molar-refractivity contribution is 0.0385. The maximum Gasteiger partial charge on any atom is 0.122 e. The van der Waals surface area contributed by atoms with E-state index in [1.54, 1.807) is 14.2 Å². The number of aliphatic hydroxyl groups is 1. The lowest BCUT2D eigenvalue weighted by Gasteiger charge is -2.44. The predicted octanol–water partition coefficient (Wildman–Crippen LogP) is 3.01. The first kappa shape index (κ1) is 19.4. The lowest BCUT2D eigenvalue weighted by Crippen LogP contribution is -2.56. The summed E-state index contributed by atoms with van der Waals surface area (Å²) in [5.74, 6) is 1.71. The van der Waals surface area contributed by atoms with Crippen molar-refractivity contribution < 1.29 is 14.6 Å². The molecule has 2 aromatic carbocycles. The average molecular weight is 403 g/mol. The number of rotatable bonds is 4. The third-order valence-electron chi connectivity index (χ3n) is 6.03. The van der Waals surface area contributed by atoms with Crippen molar-refractivity contribution in [2.45, 2.75) is 25.0 Å². The smallest absolute Gasteiger partial charge is 0.122 e. The van der Waals surface area contributed by atoms with Crippen LogP contribution in [0, 0.1) is 0 Å². The molecule has 0 unspecified atom stereocenters. The molecule has 1 aliphatic heterocycles. The normalized spacial score (nSPS) is 22.6. The summed E-state index contributed by atoms with van der Waals surface area (Å²) >= 11 is 6.36. The van der Waals surface area contributed by atoms with Gasteiger partial charge in [0.2, 0.25) is 0 Å². The Hall–Kier alpha value is -1.95. The molecule has 0 saturated carbocycles. The van der Waals surface area contributed by atoms with E-state index in [4.69, 9.17) is 21.1 Å². The van der Waals surface area contributed by atoms with E-state index in [9.17, 15) is 5.11 Å². The standard InChI is InChI=1S/C22H27ClN2O3/c1-27-21-7-8-22(28-2)16-14-20(26)19(13-15(16)21)25-11-9-24(10-12-25)18-6-4-3-5-17(18)23/h3-8,19-20,26H,9-14H2,1-2H3/t19-,20-/m1/s1. The quantitative estimate of drug-likeness (QED) is 0.851. The Morgan fingerprint density at radius 3 is 2.11 bits per heavy atom. The molecular formula is C22H27ClN2O3. The fraction of sp³-hybridized carbons (Fsp3) is 0.455. The highest BCUT2D eigenvalue weighted by atomic mass is 35.5. The van der Waals surface area contributed by atoms with Crippen LogP contribution in [0.5, 0.6) is 11.5 Å². The SMILES string of the molecule is COc1ccc(OC)c2c1C[C@@H](O)[C@H](N1CCN(c3ccccc3Cl)CC1)C2. The van der Waals surface area contributed by atoms with Gasteiger partial charge in [-0.2, -0.15) is 0 Å². The van der Waals surface area contributed by atoms with Crippen LogP contribution in [-0.4, -0.2) is 62.6 Å². The first-order valence-corrected chi connectivity index (χ1v) is 10.1. The maximum atomic E-state index is 10.9. The number of ether oxygens (including phenoxy) is 2. The van der Waals surface area contributed by atoms with E-state index in [0.29, 0.717) is 6.42 Å². The summed E-state index contributed by atoms with van der Waals surface area (Å²) in [5.41, 5.74) is 3.32. The van der Waals surface area contributed by atoms with Crippen LogP contribution >= 0.6 is 11.6 Å². The number of piperazine rings is 1. The van der Waals surface area contributed by atoms with Crippen molar-refractivity contribution in [2.24, 2.45) is 0 Å². The van der Waals surface area contributed by atoms with Gasteiger partial charge in [-0.05, 0) is 30.7 Å². The summed E-state index contributed by atoms with van der Waals surface area (Å²) in [5, 5.41) is 11.7. The fourth-order valence-electron chi connectivity index (χ4n) is 4.55. The van der Waals surface area contributed by atoms with Crippen molar-refractivity contribution in [1.29, 1.82) is 0 Å². The van der Waals surface area contributed by atoms with E-state index in [0.717, 1.165) is 65.9 Å². The van der Waals surface area contributed by atoms with Gasteiger partial charge in [0.15, 0.2) is 0 Å². The zero-order chi connectivity index (χ0) is 19.7. The number of nitrogens with zero attached hydrogens (tertiary/aromatic N) is 2. The first-order chi connectivity index (χ1) is 13.6. The van der Waals surface area contributed by atoms with Gasteiger partial charge in [0.25, 0.3) is 0 Å². The van der Waals surface area contributed by atoms with Gasteiger partial charge in [0.1, 0.15) is 11.5 Å². The molecule has 1 saturated heterocycles. The van der Waals surface area contributed by atoms with Crippen LogP contribution in [-0.2, 0) is 12.8 Å². The third kappa shape index (κ3) is 3.54. The predicted molar refractivity (Wildman–Crippen MR) is 112 cm³/mol. The summed E-state index contributed by atoms with van der Waals surface area (Å²) < 4.78 is 11.1. The third-order valence-corrected chi connectivity index (χ3v) is 6.35. The van der Waals surface area contributed by atoms with E-state index in [1.807, 2.05) is 30.3 Å². The molecule has 4 rings (SSSR count). The minimum Gasteiger partial charge on any atom is -0.496 e. The highest BCUT2D eigenvalue weighted by Gasteiger charge is 2.36. The molecule has 0 aromatic heterocycles. The van der Waals surface area contributed by atoms with E-state index in [1.165, 1.54) is 0 Å². The number of halogens is 1. The van der Waals surface area contributed by atoms with Crippen molar-refractivity contribution in [2.75, 3.05) is 45.3 Å². The van der Waals surface area contributed by atoms with Crippen LogP contribution in [0.4, 0.5) is 5.69 Å². The highest BCUT2D eigenvalue weighted by molar-refractivity contribution is 6.33. The van der Waals surface area contributed by atoms with Crippen LogP contribution in [0.15, 0.2) is 36.4 Å². The number of benzene rings is 2. The molecule has 2 aromatic rings.